The molecule has 1 unspecified atom stereocenters. The molecule has 0 bridgehead atoms. The number of hydrogen-bond donors (Lipinski definition) is 0. The summed E-state index contributed by atoms with van der Waals surface area (Å²) < 4.78 is 0. The third kappa shape index (κ3) is 3.22. The molecule has 0 aliphatic rings. The second-order valence-electron chi connectivity index (χ2n) is 5.13. The number of hydrogen-bond acceptors (Lipinski definition) is 2. The monoisotopic (exact) mass is 246 g/mol. The number of nitriles is 2. The van der Waals surface area contributed by atoms with Gasteiger partial charge < -0.3 is 0 Å². The highest BCUT2D eigenvalue weighted by Gasteiger charge is 2.33. The highest BCUT2D eigenvalue weighted by atomic mass is 35.5. The molecule has 17 heavy (non-hydrogen) atoms. The molecule has 3 heteroatoms. The van der Waals surface area contributed by atoms with E-state index in [9.17, 15) is 0 Å². The average Bonchev–Trinajstić information content (AvgIpc) is 2.26. The van der Waals surface area contributed by atoms with E-state index in [1.54, 1.807) is 12.1 Å². The first kappa shape index (κ1) is 13.6. The van der Waals surface area contributed by atoms with Crippen LogP contribution in [-0.2, 0) is 0 Å². The van der Waals surface area contributed by atoms with Crippen LogP contribution in [0.5, 0.6) is 0 Å². The zero-order chi connectivity index (χ0) is 13.1. The molecule has 0 amide bonds. The van der Waals surface area contributed by atoms with Gasteiger partial charge in [-0.05, 0) is 23.1 Å². The van der Waals surface area contributed by atoms with Crippen LogP contribution in [0.15, 0.2) is 24.3 Å². The Morgan fingerprint density at radius 3 is 1.88 bits per heavy atom. The minimum absolute atomic E-state index is 0.116. The fourth-order valence-electron chi connectivity index (χ4n) is 2.04. The van der Waals surface area contributed by atoms with Crippen molar-refractivity contribution >= 4 is 11.6 Å². The van der Waals surface area contributed by atoms with Crippen molar-refractivity contribution in [3.05, 3.63) is 34.9 Å². The molecule has 0 aliphatic carbocycles. The molecule has 0 aliphatic heterocycles. The standard InChI is InChI=1S/C14H15ClN2/c1-14(2,3)13(11(8-16)9-17)10-4-6-12(15)7-5-10/h4-7,11,13H,1-3H3. The van der Waals surface area contributed by atoms with Gasteiger partial charge in [0, 0.05) is 10.9 Å². The summed E-state index contributed by atoms with van der Waals surface area (Å²) in [6, 6.07) is 11.5. The van der Waals surface area contributed by atoms with Gasteiger partial charge in [-0.1, -0.05) is 44.5 Å². The van der Waals surface area contributed by atoms with Crippen molar-refractivity contribution in [2.24, 2.45) is 11.3 Å². The molecule has 0 saturated heterocycles. The Balaban J connectivity index is 3.22. The van der Waals surface area contributed by atoms with Gasteiger partial charge in [-0.3, -0.25) is 0 Å². The van der Waals surface area contributed by atoms with E-state index in [-0.39, 0.29) is 11.3 Å². The molecular weight excluding hydrogens is 232 g/mol. The Hall–Kier alpha value is -1.51. The second-order valence-corrected chi connectivity index (χ2v) is 5.57. The van der Waals surface area contributed by atoms with Crippen molar-refractivity contribution in [3.63, 3.8) is 0 Å². The molecule has 1 rings (SSSR count). The van der Waals surface area contributed by atoms with Crippen molar-refractivity contribution in [1.29, 1.82) is 10.5 Å². The summed E-state index contributed by atoms with van der Waals surface area (Å²) in [7, 11) is 0. The van der Waals surface area contributed by atoms with E-state index in [0.29, 0.717) is 5.02 Å². The van der Waals surface area contributed by atoms with Gasteiger partial charge in [0.05, 0.1) is 12.1 Å². The quantitative estimate of drug-likeness (QED) is 0.788. The number of benzene rings is 1. The van der Waals surface area contributed by atoms with Gasteiger partial charge in [0.15, 0.2) is 0 Å². The van der Waals surface area contributed by atoms with Crippen molar-refractivity contribution in [2.45, 2.75) is 26.7 Å². The van der Waals surface area contributed by atoms with Gasteiger partial charge >= 0.3 is 0 Å². The van der Waals surface area contributed by atoms with Gasteiger partial charge in [0.1, 0.15) is 5.92 Å². The van der Waals surface area contributed by atoms with E-state index in [2.05, 4.69) is 12.1 Å². The first-order valence-corrected chi connectivity index (χ1v) is 5.82. The van der Waals surface area contributed by atoms with Crippen molar-refractivity contribution in [2.75, 3.05) is 0 Å². The molecule has 0 spiro atoms. The van der Waals surface area contributed by atoms with Crippen molar-refractivity contribution in [1.82, 2.24) is 0 Å². The third-order valence-corrected chi connectivity index (χ3v) is 3.03. The molecule has 0 radical (unpaired) electrons. The van der Waals surface area contributed by atoms with Crippen LogP contribution in [0.1, 0.15) is 32.3 Å². The second kappa shape index (κ2) is 5.21. The van der Waals surface area contributed by atoms with Crippen molar-refractivity contribution < 1.29 is 0 Å². The van der Waals surface area contributed by atoms with Crippen LogP contribution in [0.4, 0.5) is 0 Å². The van der Waals surface area contributed by atoms with Gasteiger partial charge in [-0.2, -0.15) is 10.5 Å². The molecule has 0 fully saturated rings. The summed E-state index contributed by atoms with van der Waals surface area (Å²) in [5, 5.41) is 18.8. The summed E-state index contributed by atoms with van der Waals surface area (Å²) >= 11 is 5.85. The minimum atomic E-state index is -0.642. The van der Waals surface area contributed by atoms with E-state index in [4.69, 9.17) is 22.1 Å². The fourth-order valence-corrected chi connectivity index (χ4v) is 2.17. The molecule has 1 aromatic rings. The summed E-state index contributed by atoms with van der Waals surface area (Å²) in [6.45, 7) is 6.11. The molecule has 0 aromatic heterocycles. The minimum Gasteiger partial charge on any atom is -0.197 e. The lowest BCUT2D eigenvalue weighted by molar-refractivity contribution is 0.294. The van der Waals surface area contributed by atoms with Crippen LogP contribution < -0.4 is 0 Å². The van der Waals surface area contributed by atoms with Gasteiger partial charge in [0.25, 0.3) is 0 Å². The highest BCUT2D eigenvalue weighted by molar-refractivity contribution is 6.30. The number of nitrogens with zero attached hydrogens (tertiary/aromatic N) is 2. The maximum Gasteiger partial charge on any atom is 0.140 e. The largest absolute Gasteiger partial charge is 0.197 e. The Morgan fingerprint density at radius 2 is 1.53 bits per heavy atom. The van der Waals surface area contributed by atoms with Crippen LogP contribution >= 0.6 is 11.6 Å². The zero-order valence-electron chi connectivity index (χ0n) is 10.2. The smallest absolute Gasteiger partial charge is 0.140 e. The normalized spacial score (nSPS) is 12.9. The van der Waals surface area contributed by atoms with Crippen LogP contribution in [0.2, 0.25) is 5.02 Å². The Morgan fingerprint density at radius 1 is 1.06 bits per heavy atom. The molecule has 2 nitrogen and oxygen atoms in total. The maximum atomic E-state index is 9.08. The van der Waals surface area contributed by atoms with Gasteiger partial charge in [0.2, 0.25) is 0 Å². The summed E-state index contributed by atoms with van der Waals surface area (Å²) in [4.78, 5) is 0. The molecular formula is C14H15ClN2. The average molecular weight is 247 g/mol. The van der Waals surface area contributed by atoms with Crippen LogP contribution in [0.3, 0.4) is 0 Å². The van der Waals surface area contributed by atoms with Gasteiger partial charge in [-0.15, -0.1) is 0 Å². The van der Waals surface area contributed by atoms with Gasteiger partial charge in [-0.25, -0.2) is 0 Å². The summed E-state index contributed by atoms with van der Waals surface area (Å²) in [6.07, 6.45) is 0. The Kier molecular flexibility index (Phi) is 4.16. The third-order valence-electron chi connectivity index (χ3n) is 2.77. The van der Waals surface area contributed by atoms with E-state index >= 15 is 0 Å². The Bertz CT molecular complexity index is 443. The fraction of sp³-hybridized carbons (Fsp3) is 0.429. The number of halogens is 1. The van der Waals surface area contributed by atoms with E-state index in [1.165, 1.54) is 0 Å². The molecule has 0 heterocycles. The van der Waals surface area contributed by atoms with Crippen LogP contribution in [0, 0.1) is 34.0 Å². The van der Waals surface area contributed by atoms with E-state index in [0.717, 1.165) is 5.56 Å². The molecule has 88 valence electrons. The predicted molar refractivity (Wildman–Crippen MR) is 68.4 cm³/mol. The topological polar surface area (TPSA) is 47.6 Å². The molecule has 0 N–H and O–H groups in total. The lowest BCUT2D eigenvalue weighted by Crippen LogP contribution is -2.24. The summed E-state index contributed by atoms with van der Waals surface area (Å²) in [5.41, 5.74) is 0.833. The molecule has 1 atom stereocenters. The molecule has 0 saturated carbocycles. The highest BCUT2D eigenvalue weighted by Crippen LogP contribution is 2.40. The van der Waals surface area contributed by atoms with E-state index < -0.39 is 5.92 Å². The first-order valence-electron chi connectivity index (χ1n) is 5.45. The number of rotatable bonds is 2. The Labute approximate surface area is 107 Å². The first-order chi connectivity index (χ1) is 7.90. The lowest BCUT2D eigenvalue weighted by Gasteiger charge is -2.31. The zero-order valence-corrected chi connectivity index (χ0v) is 11.0. The van der Waals surface area contributed by atoms with E-state index in [1.807, 2.05) is 32.9 Å². The lowest BCUT2D eigenvalue weighted by atomic mass is 9.70. The maximum absolute atomic E-state index is 9.08. The SMILES string of the molecule is CC(C)(C)C(c1ccc(Cl)cc1)C(C#N)C#N. The predicted octanol–water partition coefficient (Wildman–Crippen LogP) is 4.13. The summed E-state index contributed by atoms with van der Waals surface area (Å²) in [5.74, 6) is -0.758. The van der Waals surface area contributed by atoms with Crippen LogP contribution in [0.25, 0.3) is 0 Å². The van der Waals surface area contributed by atoms with Crippen molar-refractivity contribution in [3.8, 4) is 12.1 Å². The van der Waals surface area contributed by atoms with Crippen LogP contribution in [-0.4, -0.2) is 0 Å². The molecule has 1 aromatic carbocycles.